The van der Waals surface area contributed by atoms with E-state index >= 15 is 0 Å². The average molecular weight is 420 g/mol. The van der Waals surface area contributed by atoms with Gasteiger partial charge in [0.25, 0.3) is 0 Å². The lowest BCUT2D eigenvalue weighted by molar-refractivity contribution is -0.116. The van der Waals surface area contributed by atoms with Crippen LogP contribution < -0.4 is 4.90 Å². The van der Waals surface area contributed by atoms with Crippen molar-refractivity contribution in [3.05, 3.63) is 66.0 Å². The molecule has 0 radical (unpaired) electrons. The number of carbonyl (C=O) groups excluding carboxylic acids is 1. The summed E-state index contributed by atoms with van der Waals surface area (Å²) in [5.41, 5.74) is 3.33. The number of amides is 1. The Kier molecular flexibility index (Phi) is 5.55. The number of hydrogen-bond donors (Lipinski definition) is 0. The number of hydrogen-bond acceptors (Lipinski definition) is 5. The van der Waals surface area contributed by atoms with Crippen LogP contribution in [0.25, 0.3) is 5.69 Å². The summed E-state index contributed by atoms with van der Waals surface area (Å²) in [6.07, 6.45) is 3.41. The van der Waals surface area contributed by atoms with Crippen LogP contribution in [0.3, 0.4) is 0 Å². The number of para-hydroxylation sites is 2. The van der Waals surface area contributed by atoms with Crippen molar-refractivity contribution in [2.45, 2.75) is 31.0 Å². The van der Waals surface area contributed by atoms with E-state index in [1.807, 2.05) is 41.3 Å². The van der Waals surface area contributed by atoms with Crippen LogP contribution in [0.4, 0.5) is 5.69 Å². The van der Waals surface area contributed by atoms with Crippen molar-refractivity contribution in [3.8, 4) is 5.69 Å². The summed E-state index contributed by atoms with van der Waals surface area (Å²) < 4.78 is 2.11. The highest BCUT2D eigenvalue weighted by atomic mass is 32.2. The summed E-state index contributed by atoms with van der Waals surface area (Å²) in [6, 6.07) is 18.4. The predicted molar refractivity (Wildman–Crippen MR) is 119 cm³/mol. The molecule has 1 saturated heterocycles. The summed E-state index contributed by atoms with van der Waals surface area (Å²) in [6.45, 7) is 3.76. The highest BCUT2D eigenvalue weighted by molar-refractivity contribution is 7.99. The van der Waals surface area contributed by atoms with E-state index in [1.54, 1.807) is 0 Å². The molecule has 3 aromatic rings. The average Bonchev–Trinajstić information content (AvgIpc) is 3.53. The van der Waals surface area contributed by atoms with Crippen LogP contribution in [0.5, 0.6) is 0 Å². The Labute approximate surface area is 180 Å². The third-order valence-corrected chi connectivity index (χ3v) is 6.71. The number of fused-ring (bicyclic) bond motifs is 1. The van der Waals surface area contributed by atoms with Gasteiger partial charge < -0.3 is 4.90 Å². The van der Waals surface area contributed by atoms with E-state index in [2.05, 4.69) is 37.9 Å². The molecular formula is C23H25N5OS. The summed E-state index contributed by atoms with van der Waals surface area (Å²) >= 11 is 1.47. The number of rotatable bonds is 6. The van der Waals surface area contributed by atoms with Gasteiger partial charge in [0, 0.05) is 17.9 Å². The Hall–Kier alpha value is -2.64. The standard InChI is InChI=1S/C23H25N5OS/c29-22(27-15-12-18-8-4-5-11-20(18)27)17-30-23-25-24-21(16-26-13-6-7-14-26)28(23)19-9-2-1-3-10-19/h1-5,8-11H,6-7,12-17H2. The molecular weight excluding hydrogens is 394 g/mol. The smallest absolute Gasteiger partial charge is 0.237 e. The lowest BCUT2D eigenvalue weighted by Crippen LogP contribution is -2.30. The fourth-order valence-electron chi connectivity index (χ4n) is 4.27. The monoisotopic (exact) mass is 419 g/mol. The fraction of sp³-hybridized carbons (Fsp3) is 0.348. The zero-order chi connectivity index (χ0) is 20.3. The number of benzene rings is 2. The van der Waals surface area contributed by atoms with Gasteiger partial charge in [-0.05, 0) is 56.1 Å². The van der Waals surface area contributed by atoms with Crippen LogP contribution in [-0.4, -0.2) is 51.0 Å². The topological polar surface area (TPSA) is 54.3 Å². The lowest BCUT2D eigenvalue weighted by atomic mass is 10.2. The van der Waals surface area contributed by atoms with Crippen molar-refractivity contribution in [2.24, 2.45) is 0 Å². The molecule has 1 amide bonds. The SMILES string of the molecule is O=C(CSc1nnc(CN2CCCC2)n1-c1ccccc1)N1CCc2ccccc21. The molecule has 0 atom stereocenters. The second-order valence-electron chi connectivity index (χ2n) is 7.77. The zero-order valence-corrected chi connectivity index (χ0v) is 17.7. The molecule has 6 nitrogen and oxygen atoms in total. The molecule has 1 aromatic heterocycles. The molecule has 2 aromatic carbocycles. The molecule has 5 rings (SSSR count). The zero-order valence-electron chi connectivity index (χ0n) is 16.9. The predicted octanol–water partition coefficient (Wildman–Crippen LogP) is 3.54. The van der Waals surface area contributed by atoms with Gasteiger partial charge in [-0.3, -0.25) is 14.3 Å². The number of aromatic nitrogens is 3. The van der Waals surface area contributed by atoms with Crippen molar-refractivity contribution in [2.75, 3.05) is 30.3 Å². The summed E-state index contributed by atoms with van der Waals surface area (Å²) in [4.78, 5) is 17.3. The Bertz CT molecular complexity index is 1030. The molecule has 1 fully saturated rings. The van der Waals surface area contributed by atoms with Crippen LogP contribution in [0.15, 0.2) is 59.8 Å². The Morgan fingerprint density at radius 2 is 1.70 bits per heavy atom. The molecule has 2 aliphatic heterocycles. The molecule has 3 heterocycles. The van der Waals surface area contributed by atoms with Crippen LogP contribution >= 0.6 is 11.8 Å². The van der Waals surface area contributed by atoms with Gasteiger partial charge in [-0.15, -0.1) is 10.2 Å². The van der Waals surface area contributed by atoms with E-state index in [0.717, 1.165) is 55.0 Å². The van der Waals surface area contributed by atoms with E-state index in [0.29, 0.717) is 5.75 Å². The molecule has 30 heavy (non-hydrogen) atoms. The number of nitrogens with zero attached hydrogens (tertiary/aromatic N) is 5. The van der Waals surface area contributed by atoms with Gasteiger partial charge in [0.2, 0.25) is 5.91 Å². The maximum Gasteiger partial charge on any atom is 0.237 e. The quantitative estimate of drug-likeness (QED) is 0.572. The lowest BCUT2D eigenvalue weighted by Gasteiger charge is -2.18. The number of thioether (sulfide) groups is 1. The van der Waals surface area contributed by atoms with Crippen molar-refractivity contribution < 1.29 is 4.79 Å². The first-order chi connectivity index (χ1) is 14.8. The maximum absolute atomic E-state index is 13.0. The summed E-state index contributed by atoms with van der Waals surface area (Å²) in [5, 5.41) is 9.72. The molecule has 7 heteroatoms. The second-order valence-corrected chi connectivity index (χ2v) is 8.71. The summed E-state index contributed by atoms with van der Waals surface area (Å²) in [7, 11) is 0. The van der Waals surface area contributed by atoms with Gasteiger partial charge in [-0.1, -0.05) is 48.2 Å². The minimum atomic E-state index is 0.119. The number of likely N-dealkylation sites (tertiary alicyclic amines) is 1. The van der Waals surface area contributed by atoms with Crippen molar-refractivity contribution >= 4 is 23.4 Å². The van der Waals surface area contributed by atoms with Gasteiger partial charge in [0.05, 0.1) is 12.3 Å². The highest BCUT2D eigenvalue weighted by Gasteiger charge is 2.25. The van der Waals surface area contributed by atoms with E-state index in [9.17, 15) is 4.79 Å². The third-order valence-electron chi connectivity index (χ3n) is 5.79. The molecule has 0 unspecified atom stereocenters. The first kappa shape index (κ1) is 19.3. The maximum atomic E-state index is 13.0. The van der Waals surface area contributed by atoms with Gasteiger partial charge >= 0.3 is 0 Å². The van der Waals surface area contributed by atoms with E-state index in [4.69, 9.17) is 0 Å². The highest BCUT2D eigenvalue weighted by Crippen LogP contribution is 2.29. The third kappa shape index (κ3) is 3.87. The van der Waals surface area contributed by atoms with Crippen molar-refractivity contribution in [1.29, 1.82) is 0 Å². The van der Waals surface area contributed by atoms with E-state index in [1.165, 1.54) is 30.2 Å². The molecule has 0 spiro atoms. The minimum absolute atomic E-state index is 0.119. The molecule has 154 valence electrons. The molecule has 0 aliphatic carbocycles. The van der Waals surface area contributed by atoms with Crippen LogP contribution in [-0.2, 0) is 17.8 Å². The summed E-state index contributed by atoms with van der Waals surface area (Å²) in [5.74, 6) is 1.40. The number of carbonyl (C=O) groups is 1. The van der Waals surface area contributed by atoms with E-state index < -0.39 is 0 Å². The van der Waals surface area contributed by atoms with Crippen LogP contribution in [0.2, 0.25) is 0 Å². The second kappa shape index (κ2) is 8.62. The van der Waals surface area contributed by atoms with Gasteiger partial charge in [0.1, 0.15) is 0 Å². The fourth-order valence-corrected chi connectivity index (χ4v) is 5.12. The first-order valence-corrected chi connectivity index (χ1v) is 11.5. The van der Waals surface area contributed by atoms with Crippen LogP contribution in [0, 0.1) is 0 Å². The Balaban J connectivity index is 1.35. The normalized spacial score (nSPS) is 16.2. The molecule has 2 aliphatic rings. The molecule has 0 bridgehead atoms. The van der Waals surface area contributed by atoms with Crippen LogP contribution in [0.1, 0.15) is 24.2 Å². The largest absolute Gasteiger partial charge is 0.311 e. The number of anilines is 1. The van der Waals surface area contributed by atoms with Crippen molar-refractivity contribution in [1.82, 2.24) is 19.7 Å². The van der Waals surface area contributed by atoms with Gasteiger partial charge in [0.15, 0.2) is 11.0 Å². The Morgan fingerprint density at radius 3 is 2.53 bits per heavy atom. The van der Waals surface area contributed by atoms with Gasteiger partial charge in [-0.25, -0.2) is 0 Å². The van der Waals surface area contributed by atoms with E-state index in [-0.39, 0.29) is 5.91 Å². The Morgan fingerprint density at radius 1 is 0.933 bits per heavy atom. The minimum Gasteiger partial charge on any atom is -0.311 e. The first-order valence-electron chi connectivity index (χ1n) is 10.5. The van der Waals surface area contributed by atoms with Gasteiger partial charge in [-0.2, -0.15) is 0 Å². The van der Waals surface area contributed by atoms with Crippen molar-refractivity contribution in [3.63, 3.8) is 0 Å². The molecule has 0 saturated carbocycles. The molecule has 0 N–H and O–H groups in total.